The molecular weight excluding hydrogens is 408 g/mol. The second kappa shape index (κ2) is 9.02. The standard InChI is InChI=1S/C21H22N2O4S2/c1-14-17(22-19(27-14)18-7-4-9-28-18)13-26-16-6-3-5-15(11-16)12-23-8-10-29-20(23)21(24)25-2/h3-7,9,11,20H,8,10,12-13H2,1-2H3. The minimum absolute atomic E-state index is 0.192. The summed E-state index contributed by atoms with van der Waals surface area (Å²) >= 11 is 3.22. The molecule has 0 radical (unpaired) electrons. The summed E-state index contributed by atoms with van der Waals surface area (Å²) < 4.78 is 16.7. The van der Waals surface area contributed by atoms with Crippen molar-refractivity contribution in [2.75, 3.05) is 19.4 Å². The van der Waals surface area contributed by atoms with Crippen molar-refractivity contribution in [3.63, 3.8) is 0 Å². The molecule has 0 N–H and O–H groups in total. The molecule has 0 saturated carbocycles. The van der Waals surface area contributed by atoms with Gasteiger partial charge in [-0.15, -0.1) is 23.1 Å². The number of rotatable bonds is 7. The Balaban J connectivity index is 1.40. The van der Waals surface area contributed by atoms with Gasteiger partial charge in [0.15, 0.2) is 5.37 Å². The number of thiophene rings is 1. The fourth-order valence-corrected chi connectivity index (χ4v) is 5.01. The second-order valence-electron chi connectivity index (χ2n) is 6.65. The van der Waals surface area contributed by atoms with Crippen LogP contribution >= 0.6 is 23.1 Å². The normalized spacial score (nSPS) is 16.8. The topological polar surface area (TPSA) is 64.8 Å². The molecule has 1 saturated heterocycles. The van der Waals surface area contributed by atoms with Gasteiger partial charge in [-0.2, -0.15) is 0 Å². The largest absolute Gasteiger partial charge is 0.487 e. The third-order valence-electron chi connectivity index (χ3n) is 4.67. The molecule has 1 aliphatic heterocycles. The average molecular weight is 431 g/mol. The summed E-state index contributed by atoms with van der Waals surface area (Å²) in [5, 5.41) is 1.76. The Kier molecular flexibility index (Phi) is 6.22. The van der Waals surface area contributed by atoms with Crippen LogP contribution in [0.15, 0.2) is 46.2 Å². The van der Waals surface area contributed by atoms with E-state index in [0.717, 1.165) is 39.9 Å². The van der Waals surface area contributed by atoms with Crippen LogP contribution in [0, 0.1) is 6.92 Å². The zero-order valence-electron chi connectivity index (χ0n) is 16.3. The van der Waals surface area contributed by atoms with Crippen LogP contribution in [0.3, 0.4) is 0 Å². The Morgan fingerprint density at radius 1 is 1.34 bits per heavy atom. The van der Waals surface area contributed by atoms with Crippen molar-refractivity contribution < 1.29 is 18.7 Å². The predicted molar refractivity (Wildman–Crippen MR) is 114 cm³/mol. The van der Waals surface area contributed by atoms with E-state index in [4.69, 9.17) is 13.9 Å². The Hall–Kier alpha value is -2.29. The molecule has 1 fully saturated rings. The van der Waals surface area contributed by atoms with Gasteiger partial charge in [0, 0.05) is 18.8 Å². The van der Waals surface area contributed by atoms with Crippen LogP contribution in [0.5, 0.6) is 5.75 Å². The molecule has 0 bridgehead atoms. The Morgan fingerprint density at radius 2 is 2.24 bits per heavy atom. The van der Waals surface area contributed by atoms with Crippen molar-refractivity contribution in [3.05, 3.63) is 58.8 Å². The number of carbonyl (C=O) groups excluding carboxylic acids is 1. The van der Waals surface area contributed by atoms with E-state index in [1.165, 1.54) is 7.11 Å². The number of aromatic nitrogens is 1. The molecule has 2 aromatic heterocycles. The molecule has 3 heterocycles. The lowest BCUT2D eigenvalue weighted by Crippen LogP contribution is -2.34. The molecule has 0 amide bonds. The molecule has 29 heavy (non-hydrogen) atoms. The number of aryl methyl sites for hydroxylation is 1. The highest BCUT2D eigenvalue weighted by atomic mass is 32.2. The molecule has 4 rings (SSSR count). The van der Waals surface area contributed by atoms with Gasteiger partial charge >= 0.3 is 5.97 Å². The highest BCUT2D eigenvalue weighted by molar-refractivity contribution is 8.00. The van der Waals surface area contributed by atoms with Crippen LogP contribution in [0.1, 0.15) is 17.0 Å². The third kappa shape index (κ3) is 4.66. The van der Waals surface area contributed by atoms with Crippen LogP contribution in [0.2, 0.25) is 0 Å². The van der Waals surface area contributed by atoms with Gasteiger partial charge in [-0.25, -0.2) is 9.78 Å². The molecule has 6 nitrogen and oxygen atoms in total. The van der Waals surface area contributed by atoms with E-state index in [9.17, 15) is 4.79 Å². The number of methoxy groups -OCH3 is 1. The lowest BCUT2D eigenvalue weighted by Gasteiger charge is -2.21. The van der Waals surface area contributed by atoms with Crippen LogP contribution in [0.25, 0.3) is 10.8 Å². The summed E-state index contributed by atoms with van der Waals surface area (Å²) in [6.07, 6.45) is 0. The molecule has 1 aliphatic rings. The van der Waals surface area contributed by atoms with Crippen LogP contribution in [0.4, 0.5) is 0 Å². The van der Waals surface area contributed by atoms with Crippen LogP contribution in [-0.2, 0) is 22.7 Å². The fourth-order valence-electron chi connectivity index (χ4n) is 3.17. The number of hydrogen-bond acceptors (Lipinski definition) is 8. The monoisotopic (exact) mass is 430 g/mol. The first-order valence-corrected chi connectivity index (χ1v) is 11.2. The number of carbonyl (C=O) groups is 1. The Labute approximate surface area is 177 Å². The first-order chi connectivity index (χ1) is 14.1. The molecule has 0 aliphatic carbocycles. The number of esters is 1. The lowest BCUT2D eigenvalue weighted by molar-refractivity contribution is -0.143. The van der Waals surface area contributed by atoms with Crippen molar-refractivity contribution in [1.29, 1.82) is 0 Å². The van der Waals surface area contributed by atoms with Crippen LogP contribution < -0.4 is 4.74 Å². The van der Waals surface area contributed by atoms with E-state index in [-0.39, 0.29) is 11.3 Å². The maximum absolute atomic E-state index is 11.9. The minimum atomic E-state index is -0.238. The number of thioether (sulfide) groups is 1. The SMILES string of the molecule is COC(=O)C1SCCN1Cc1cccc(OCc2nc(-c3cccs3)oc2C)c1. The van der Waals surface area contributed by atoms with E-state index >= 15 is 0 Å². The molecular formula is C21H22N2O4S2. The zero-order chi connectivity index (χ0) is 20.2. The van der Waals surface area contributed by atoms with Crippen molar-refractivity contribution >= 4 is 29.1 Å². The van der Waals surface area contributed by atoms with Gasteiger partial charge in [-0.3, -0.25) is 4.90 Å². The van der Waals surface area contributed by atoms with Crippen LogP contribution in [-0.4, -0.2) is 40.6 Å². The average Bonchev–Trinajstić information content (AvgIpc) is 3.47. The predicted octanol–water partition coefficient (Wildman–Crippen LogP) is 4.34. The maximum Gasteiger partial charge on any atom is 0.333 e. The van der Waals surface area contributed by atoms with Crippen molar-refractivity contribution in [2.45, 2.75) is 25.4 Å². The van der Waals surface area contributed by atoms with Crippen molar-refractivity contribution in [3.8, 4) is 16.5 Å². The highest BCUT2D eigenvalue weighted by Crippen LogP contribution is 2.28. The van der Waals surface area contributed by atoms with E-state index in [1.807, 2.05) is 48.7 Å². The molecule has 1 atom stereocenters. The number of nitrogens with zero attached hydrogens (tertiary/aromatic N) is 2. The van der Waals surface area contributed by atoms with E-state index in [0.29, 0.717) is 19.0 Å². The van der Waals surface area contributed by atoms with Gasteiger partial charge in [-0.05, 0) is 36.1 Å². The van der Waals surface area contributed by atoms with Crippen molar-refractivity contribution in [1.82, 2.24) is 9.88 Å². The van der Waals surface area contributed by atoms with E-state index < -0.39 is 0 Å². The van der Waals surface area contributed by atoms with E-state index in [1.54, 1.807) is 23.1 Å². The summed E-state index contributed by atoms with van der Waals surface area (Å²) in [7, 11) is 1.43. The first-order valence-electron chi connectivity index (χ1n) is 9.29. The first kappa shape index (κ1) is 20.0. The van der Waals surface area contributed by atoms with Crippen molar-refractivity contribution in [2.24, 2.45) is 0 Å². The minimum Gasteiger partial charge on any atom is -0.487 e. The Morgan fingerprint density at radius 3 is 3.03 bits per heavy atom. The second-order valence-corrected chi connectivity index (χ2v) is 8.79. The molecule has 8 heteroatoms. The van der Waals surface area contributed by atoms with Gasteiger partial charge in [0.25, 0.3) is 0 Å². The quantitative estimate of drug-likeness (QED) is 0.517. The molecule has 0 spiro atoms. The summed E-state index contributed by atoms with van der Waals surface area (Å²) in [5.74, 6) is 2.89. The molecule has 1 aromatic carbocycles. The summed E-state index contributed by atoms with van der Waals surface area (Å²) in [5.41, 5.74) is 1.88. The van der Waals surface area contributed by atoms with Gasteiger partial charge in [0.1, 0.15) is 23.8 Å². The van der Waals surface area contributed by atoms with Gasteiger partial charge in [0.05, 0.1) is 12.0 Å². The number of oxazole rings is 1. The van der Waals surface area contributed by atoms with E-state index in [2.05, 4.69) is 9.88 Å². The van der Waals surface area contributed by atoms with Gasteiger partial charge < -0.3 is 13.9 Å². The third-order valence-corrected chi connectivity index (χ3v) is 6.76. The van der Waals surface area contributed by atoms with Gasteiger partial charge in [0.2, 0.25) is 5.89 Å². The maximum atomic E-state index is 11.9. The summed E-state index contributed by atoms with van der Waals surface area (Å²) in [6, 6.07) is 11.9. The number of benzene rings is 1. The lowest BCUT2D eigenvalue weighted by atomic mass is 10.2. The highest BCUT2D eigenvalue weighted by Gasteiger charge is 2.32. The van der Waals surface area contributed by atoms with Gasteiger partial charge in [-0.1, -0.05) is 18.2 Å². The molecule has 3 aromatic rings. The summed E-state index contributed by atoms with van der Waals surface area (Å²) in [4.78, 5) is 19.6. The molecule has 152 valence electrons. The fraction of sp³-hybridized carbons (Fsp3) is 0.333. The smallest absolute Gasteiger partial charge is 0.333 e. The Bertz CT molecular complexity index is 971. The molecule has 1 unspecified atom stereocenters. The number of hydrogen-bond donors (Lipinski definition) is 0. The zero-order valence-corrected chi connectivity index (χ0v) is 17.9. The summed E-state index contributed by atoms with van der Waals surface area (Å²) in [6.45, 7) is 3.78. The number of ether oxygens (including phenoxy) is 2.